The number of nitrogens with two attached hydrogens (primary N) is 1. The van der Waals surface area contributed by atoms with Crippen LogP contribution in [0.4, 0.5) is 15.3 Å². The lowest BCUT2D eigenvalue weighted by molar-refractivity contribution is 0.118. The zero-order chi connectivity index (χ0) is 15.0. The van der Waals surface area contributed by atoms with Crippen LogP contribution in [0, 0.1) is 0 Å². The second-order valence-corrected chi connectivity index (χ2v) is 3.80. The van der Waals surface area contributed by atoms with E-state index in [1.165, 1.54) is 0 Å². The number of urea groups is 1. The molecule has 1 aromatic rings. The van der Waals surface area contributed by atoms with Crippen LogP contribution >= 0.6 is 0 Å². The van der Waals surface area contributed by atoms with Gasteiger partial charge in [0.1, 0.15) is 5.75 Å². The van der Waals surface area contributed by atoms with Crippen molar-refractivity contribution >= 4 is 17.8 Å². The van der Waals surface area contributed by atoms with E-state index in [1.807, 2.05) is 0 Å². The maximum absolute atomic E-state index is 12.0. The predicted molar refractivity (Wildman–Crippen MR) is 74.8 cm³/mol. The maximum atomic E-state index is 12.0. The van der Waals surface area contributed by atoms with Crippen molar-refractivity contribution in [1.29, 1.82) is 0 Å². The molecule has 0 aliphatic carbocycles. The molecule has 3 N–H and O–H groups in total. The topological polar surface area (TPSA) is 93.9 Å². The fourth-order valence-electron chi connectivity index (χ4n) is 1.47. The van der Waals surface area contributed by atoms with E-state index in [2.05, 4.69) is 5.32 Å². The molecule has 7 heteroatoms. The number of imide groups is 1. The molecule has 0 saturated heterocycles. The van der Waals surface area contributed by atoms with Gasteiger partial charge in [-0.1, -0.05) is 0 Å². The van der Waals surface area contributed by atoms with E-state index >= 15 is 0 Å². The van der Waals surface area contributed by atoms with Gasteiger partial charge in [-0.15, -0.1) is 0 Å². The fourth-order valence-corrected chi connectivity index (χ4v) is 1.47. The molecular formula is C13H19N3O4. The van der Waals surface area contributed by atoms with Gasteiger partial charge in [-0.3, -0.25) is 0 Å². The number of carbonyl (C=O) groups excluding carboxylic acids is 2. The highest BCUT2D eigenvalue weighted by molar-refractivity contribution is 5.99. The summed E-state index contributed by atoms with van der Waals surface area (Å²) in [7, 11) is 1.55. The zero-order valence-electron chi connectivity index (χ0n) is 11.6. The lowest BCUT2D eigenvalue weighted by atomic mass is 10.3. The molecule has 0 radical (unpaired) electrons. The summed E-state index contributed by atoms with van der Waals surface area (Å²) < 4.78 is 9.82. The Labute approximate surface area is 117 Å². The number of methoxy groups -OCH3 is 1. The lowest BCUT2D eigenvalue weighted by Gasteiger charge is -2.19. The lowest BCUT2D eigenvalue weighted by Crippen LogP contribution is -2.43. The largest absolute Gasteiger partial charge is 0.497 e. The van der Waals surface area contributed by atoms with E-state index in [4.69, 9.17) is 15.2 Å². The Balaban J connectivity index is 2.71. The van der Waals surface area contributed by atoms with E-state index in [9.17, 15) is 9.59 Å². The molecule has 110 valence electrons. The molecule has 20 heavy (non-hydrogen) atoms. The molecule has 0 fully saturated rings. The van der Waals surface area contributed by atoms with Crippen LogP contribution in [0.1, 0.15) is 6.92 Å². The summed E-state index contributed by atoms with van der Waals surface area (Å²) in [5.74, 6) is 0.673. The summed E-state index contributed by atoms with van der Waals surface area (Å²) in [6.07, 6.45) is -0.719. The normalized spacial score (nSPS) is 9.75. The van der Waals surface area contributed by atoms with Crippen molar-refractivity contribution < 1.29 is 19.1 Å². The molecule has 0 bridgehead atoms. The van der Waals surface area contributed by atoms with Crippen LogP contribution < -0.4 is 15.8 Å². The van der Waals surface area contributed by atoms with E-state index < -0.39 is 12.1 Å². The Hall–Kier alpha value is -2.28. The number of nitrogens with one attached hydrogen (secondary N) is 1. The minimum absolute atomic E-state index is 0.0841. The van der Waals surface area contributed by atoms with Gasteiger partial charge in [0.25, 0.3) is 0 Å². The van der Waals surface area contributed by atoms with E-state index in [0.29, 0.717) is 11.4 Å². The Kier molecular flexibility index (Phi) is 6.31. The summed E-state index contributed by atoms with van der Waals surface area (Å²) in [6, 6.07) is 6.16. The van der Waals surface area contributed by atoms with Gasteiger partial charge in [-0.05, 0) is 31.2 Å². The number of anilines is 1. The van der Waals surface area contributed by atoms with Gasteiger partial charge in [-0.25, -0.2) is 14.5 Å². The Morgan fingerprint density at radius 2 is 1.95 bits per heavy atom. The molecule has 3 amide bonds. The first-order chi connectivity index (χ1) is 9.62. The Morgan fingerprint density at radius 1 is 1.30 bits per heavy atom. The van der Waals surface area contributed by atoms with Crippen LogP contribution in [0.15, 0.2) is 24.3 Å². The third kappa shape index (κ3) is 4.43. The number of rotatable bonds is 5. The molecule has 0 aliphatic heterocycles. The van der Waals surface area contributed by atoms with Crippen molar-refractivity contribution in [1.82, 2.24) is 4.90 Å². The van der Waals surface area contributed by atoms with Crippen LogP contribution in [0.2, 0.25) is 0 Å². The number of hydrogen-bond acceptors (Lipinski definition) is 5. The maximum Gasteiger partial charge on any atom is 0.418 e. The standard InChI is InChI=1S/C13H19N3O4/c1-3-20-13(18)16(9-8-14)12(17)15-10-4-6-11(19-2)7-5-10/h4-7H,3,8-9,14H2,1-2H3,(H,15,17). The first kappa shape index (κ1) is 15.8. The van der Waals surface area contributed by atoms with Crippen LogP contribution in [-0.4, -0.2) is 43.8 Å². The molecule has 0 spiro atoms. The Morgan fingerprint density at radius 3 is 2.45 bits per heavy atom. The Bertz CT molecular complexity index is 447. The summed E-state index contributed by atoms with van der Waals surface area (Å²) in [4.78, 5) is 24.6. The highest BCUT2D eigenvalue weighted by atomic mass is 16.6. The number of nitrogens with zero attached hydrogens (tertiary/aromatic N) is 1. The summed E-state index contributed by atoms with van der Waals surface area (Å²) in [5.41, 5.74) is 5.93. The molecule has 0 heterocycles. The zero-order valence-corrected chi connectivity index (χ0v) is 11.6. The summed E-state index contributed by atoms with van der Waals surface area (Å²) >= 11 is 0. The highest BCUT2D eigenvalue weighted by Gasteiger charge is 2.21. The molecular weight excluding hydrogens is 262 g/mol. The number of benzene rings is 1. The van der Waals surface area contributed by atoms with E-state index in [-0.39, 0.29) is 19.7 Å². The van der Waals surface area contributed by atoms with Crippen molar-refractivity contribution in [2.45, 2.75) is 6.92 Å². The second kappa shape index (κ2) is 8.00. The summed E-state index contributed by atoms with van der Waals surface area (Å²) in [5, 5.41) is 2.59. The van der Waals surface area contributed by atoms with Crippen molar-refractivity contribution in [2.24, 2.45) is 5.73 Å². The highest BCUT2D eigenvalue weighted by Crippen LogP contribution is 2.15. The molecule has 0 unspecified atom stereocenters. The first-order valence-electron chi connectivity index (χ1n) is 6.21. The SMILES string of the molecule is CCOC(=O)N(CCN)C(=O)Nc1ccc(OC)cc1. The smallest absolute Gasteiger partial charge is 0.418 e. The molecule has 1 rings (SSSR count). The van der Waals surface area contributed by atoms with Crippen LogP contribution in [0.3, 0.4) is 0 Å². The average Bonchev–Trinajstić information content (AvgIpc) is 2.45. The van der Waals surface area contributed by atoms with Crippen LogP contribution in [0.25, 0.3) is 0 Å². The molecule has 0 atom stereocenters. The van der Waals surface area contributed by atoms with Gasteiger partial charge in [0.2, 0.25) is 0 Å². The fraction of sp³-hybridized carbons (Fsp3) is 0.385. The monoisotopic (exact) mass is 281 g/mol. The molecule has 1 aromatic carbocycles. The van der Waals surface area contributed by atoms with Gasteiger partial charge >= 0.3 is 12.1 Å². The third-order valence-corrected chi connectivity index (χ3v) is 2.43. The van der Waals surface area contributed by atoms with Crippen molar-refractivity contribution in [3.8, 4) is 5.75 Å². The van der Waals surface area contributed by atoms with Gasteiger partial charge in [0.05, 0.1) is 13.7 Å². The first-order valence-corrected chi connectivity index (χ1v) is 6.21. The number of ether oxygens (including phenoxy) is 2. The van der Waals surface area contributed by atoms with Gasteiger partial charge in [0, 0.05) is 18.8 Å². The average molecular weight is 281 g/mol. The van der Waals surface area contributed by atoms with Crippen molar-refractivity contribution in [3.63, 3.8) is 0 Å². The third-order valence-electron chi connectivity index (χ3n) is 2.43. The molecule has 0 aromatic heterocycles. The van der Waals surface area contributed by atoms with Gasteiger partial charge in [-0.2, -0.15) is 0 Å². The van der Waals surface area contributed by atoms with Crippen LogP contribution in [-0.2, 0) is 4.74 Å². The second-order valence-electron chi connectivity index (χ2n) is 3.80. The van der Waals surface area contributed by atoms with Gasteiger partial charge < -0.3 is 20.5 Å². The van der Waals surface area contributed by atoms with Gasteiger partial charge in [0.15, 0.2) is 0 Å². The number of amides is 3. The summed E-state index contributed by atoms with van der Waals surface area (Å²) in [6.45, 7) is 2.10. The minimum atomic E-state index is -0.719. The van der Waals surface area contributed by atoms with Crippen molar-refractivity contribution in [2.75, 3.05) is 32.1 Å². The molecule has 0 saturated carbocycles. The van der Waals surface area contributed by atoms with E-state index in [0.717, 1.165) is 4.90 Å². The molecule has 7 nitrogen and oxygen atoms in total. The van der Waals surface area contributed by atoms with Crippen molar-refractivity contribution in [3.05, 3.63) is 24.3 Å². The predicted octanol–water partition coefficient (Wildman–Crippen LogP) is 1.64. The minimum Gasteiger partial charge on any atom is -0.497 e. The van der Waals surface area contributed by atoms with Crippen LogP contribution in [0.5, 0.6) is 5.75 Å². The number of carbonyl (C=O) groups is 2. The molecule has 0 aliphatic rings. The van der Waals surface area contributed by atoms with E-state index in [1.54, 1.807) is 38.3 Å². The quantitative estimate of drug-likeness (QED) is 0.855. The number of hydrogen-bond donors (Lipinski definition) is 2.